The van der Waals surface area contributed by atoms with E-state index < -0.39 is 42.8 Å². The Morgan fingerprint density at radius 3 is 2.29 bits per heavy atom. The number of carbonyl (C=O) groups excluding carboxylic acids is 2. The quantitative estimate of drug-likeness (QED) is 0.215. The molecule has 0 unspecified atom stereocenters. The third-order valence-corrected chi connectivity index (χ3v) is 4.68. The summed E-state index contributed by atoms with van der Waals surface area (Å²) in [6, 6.07) is 0. The monoisotopic (exact) mass is 438 g/mol. The van der Waals surface area contributed by atoms with Crippen molar-refractivity contribution in [2.75, 3.05) is 14.2 Å². The van der Waals surface area contributed by atoms with Gasteiger partial charge in [0.05, 0.1) is 6.10 Å². The van der Waals surface area contributed by atoms with Crippen LogP contribution in [0.1, 0.15) is 33.6 Å². The molecule has 0 amide bonds. The number of ether oxygens (including phenoxy) is 5. The zero-order chi connectivity index (χ0) is 23.4. The highest BCUT2D eigenvalue weighted by Gasteiger charge is 2.45. The Bertz CT molecular complexity index is 681. The fourth-order valence-electron chi connectivity index (χ4n) is 2.90. The third kappa shape index (κ3) is 8.41. The van der Waals surface area contributed by atoms with Gasteiger partial charge >= 0.3 is 5.97 Å². The van der Waals surface area contributed by atoms with E-state index in [1.165, 1.54) is 20.3 Å². The normalized spacial score (nSPS) is 27.6. The molecule has 1 heterocycles. The van der Waals surface area contributed by atoms with Crippen molar-refractivity contribution in [2.45, 2.75) is 70.4 Å². The van der Waals surface area contributed by atoms with Crippen LogP contribution in [0.15, 0.2) is 48.8 Å². The van der Waals surface area contributed by atoms with E-state index in [0.29, 0.717) is 6.42 Å². The van der Waals surface area contributed by atoms with E-state index in [-0.39, 0.29) is 18.0 Å². The smallest absolute Gasteiger partial charge is 0.306 e. The van der Waals surface area contributed by atoms with Gasteiger partial charge in [-0.05, 0) is 19.1 Å². The van der Waals surface area contributed by atoms with Crippen LogP contribution in [0.25, 0.3) is 0 Å². The molecule has 174 valence electrons. The van der Waals surface area contributed by atoms with E-state index in [2.05, 4.69) is 6.58 Å². The van der Waals surface area contributed by atoms with Gasteiger partial charge in [-0.3, -0.25) is 9.59 Å². The first-order chi connectivity index (χ1) is 14.8. The average Bonchev–Trinajstić information content (AvgIpc) is 2.74. The highest BCUT2D eigenvalue weighted by atomic mass is 16.7. The summed E-state index contributed by atoms with van der Waals surface area (Å²) in [4.78, 5) is 23.1. The molecule has 6 atom stereocenters. The van der Waals surface area contributed by atoms with Gasteiger partial charge in [0.1, 0.15) is 24.1 Å². The van der Waals surface area contributed by atoms with Crippen LogP contribution in [0.5, 0.6) is 0 Å². The van der Waals surface area contributed by atoms with Gasteiger partial charge < -0.3 is 28.8 Å². The standard InChI is InChI=1S/C23H34O8/c1-7-17(24)13-11-9-10-12-14-18(31-19(25)8-2)15(3)29-23-22(28-6)20(26)21(27-5)16(4)30-23/h9-14,16,18,20-23,26H,3,7-8H2,1-2,4-6H3/t16-,18-,20+,21+,22+,23-/m1/s1. The lowest BCUT2D eigenvalue weighted by molar-refractivity contribution is -0.293. The molecule has 0 aromatic carbocycles. The summed E-state index contributed by atoms with van der Waals surface area (Å²) in [7, 11) is 2.90. The number of carbonyl (C=O) groups is 2. The molecular formula is C23H34O8. The number of methoxy groups -OCH3 is 2. The zero-order valence-electron chi connectivity index (χ0n) is 18.9. The van der Waals surface area contributed by atoms with Crippen molar-refractivity contribution in [3.63, 3.8) is 0 Å². The summed E-state index contributed by atoms with van der Waals surface area (Å²) >= 11 is 0. The predicted molar refractivity (Wildman–Crippen MR) is 115 cm³/mol. The topological polar surface area (TPSA) is 101 Å². The van der Waals surface area contributed by atoms with E-state index in [1.807, 2.05) is 0 Å². The predicted octanol–water partition coefficient (Wildman–Crippen LogP) is 2.62. The van der Waals surface area contributed by atoms with Gasteiger partial charge in [-0.25, -0.2) is 0 Å². The second-order valence-electron chi connectivity index (χ2n) is 6.90. The van der Waals surface area contributed by atoms with Gasteiger partial charge in [-0.1, -0.05) is 44.7 Å². The first-order valence-corrected chi connectivity index (χ1v) is 10.3. The molecular weight excluding hydrogens is 404 g/mol. The Morgan fingerprint density at radius 2 is 1.71 bits per heavy atom. The van der Waals surface area contributed by atoms with E-state index in [4.69, 9.17) is 23.7 Å². The van der Waals surface area contributed by atoms with Gasteiger partial charge in [0, 0.05) is 27.1 Å². The van der Waals surface area contributed by atoms with Crippen LogP contribution >= 0.6 is 0 Å². The van der Waals surface area contributed by atoms with Crippen LogP contribution < -0.4 is 0 Å². The largest absolute Gasteiger partial charge is 0.463 e. The van der Waals surface area contributed by atoms with Crippen molar-refractivity contribution in [1.29, 1.82) is 0 Å². The van der Waals surface area contributed by atoms with Crippen LogP contribution in [0.4, 0.5) is 0 Å². The molecule has 1 aliphatic heterocycles. The molecule has 0 bridgehead atoms. The summed E-state index contributed by atoms with van der Waals surface area (Å²) in [5, 5.41) is 10.5. The minimum absolute atomic E-state index is 0.0254. The molecule has 1 saturated heterocycles. The van der Waals surface area contributed by atoms with Crippen molar-refractivity contribution in [3.8, 4) is 0 Å². The molecule has 1 aliphatic rings. The molecule has 0 saturated carbocycles. The molecule has 8 heteroatoms. The van der Waals surface area contributed by atoms with Crippen molar-refractivity contribution in [1.82, 2.24) is 0 Å². The maximum absolute atomic E-state index is 11.8. The third-order valence-electron chi connectivity index (χ3n) is 4.68. The number of aliphatic hydroxyl groups excluding tert-OH is 1. The Hall–Kier alpha value is -2.26. The molecule has 31 heavy (non-hydrogen) atoms. The molecule has 1 rings (SSSR count). The number of ketones is 1. The fourth-order valence-corrected chi connectivity index (χ4v) is 2.90. The summed E-state index contributed by atoms with van der Waals surface area (Å²) in [5.41, 5.74) is 0. The van der Waals surface area contributed by atoms with Crippen molar-refractivity contribution in [2.24, 2.45) is 0 Å². The highest BCUT2D eigenvalue weighted by Crippen LogP contribution is 2.28. The molecule has 8 nitrogen and oxygen atoms in total. The van der Waals surface area contributed by atoms with Crippen molar-refractivity contribution in [3.05, 3.63) is 48.8 Å². The molecule has 1 N–H and O–H groups in total. The van der Waals surface area contributed by atoms with Crippen LogP contribution in [-0.2, 0) is 33.3 Å². The first kappa shape index (κ1) is 26.8. The lowest BCUT2D eigenvalue weighted by Gasteiger charge is -2.42. The Balaban J connectivity index is 2.88. The van der Waals surface area contributed by atoms with E-state index >= 15 is 0 Å². The summed E-state index contributed by atoms with van der Waals surface area (Å²) < 4.78 is 27.6. The van der Waals surface area contributed by atoms with E-state index in [0.717, 1.165) is 0 Å². The lowest BCUT2D eigenvalue weighted by atomic mass is 9.99. The molecule has 0 radical (unpaired) electrons. The maximum atomic E-state index is 11.8. The zero-order valence-corrected chi connectivity index (χ0v) is 18.9. The van der Waals surface area contributed by atoms with E-state index in [1.54, 1.807) is 51.2 Å². The van der Waals surface area contributed by atoms with Gasteiger partial charge in [-0.2, -0.15) is 0 Å². The lowest BCUT2D eigenvalue weighted by Crippen LogP contribution is -2.58. The summed E-state index contributed by atoms with van der Waals surface area (Å²) in [5.74, 6) is -0.291. The van der Waals surface area contributed by atoms with Gasteiger partial charge in [-0.15, -0.1) is 0 Å². The van der Waals surface area contributed by atoms with Gasteiger partial charge in [0.25, 0.3) is 0 Å². The SMILES string of the molecule is C=C(O[C@@H]1O[C@H](C)[C@H](OC)[C@H](O)[C@@H]1OC)[C@@H](C=CC=CC=CC(=O)CC)OC(=O)CC. The molecule has 0 aromatic rings. The maximum Gasteiger partial charge on any atom is 0.306 e. The average molecular weight is 439 g/mol. The van der Waals surface area contributed by atoms with Crippen LogP contribution in [0.3, 0.4) is 0 Å². The molecule has 0 aliphatic carbocycles. The molecule has 0 aromatic heterocycles. The van der Waals surface area contributed by atoms with Crippen LogP contribution in [0, 0.1) is 0 Å². The molecule has 0 spiro atoms. The molecule has 1 fully saturated rings. The van der Waals surface area contributed by atoms with Crippen LogP contribution in [0.2, 0.25) is 0 Å². The van der Waals surface area contributed by atoms with Gasteiger partial charge in [0.15, 0.2) is 11.9 Å². The number of hydrogen-bond donors (Lipinski definition) is 1. The van der Waals surface area contributed by atoms with E-state index in [9.17, 15) is 14.7 Å². The van der Waals surface area contributed by atoms with Crippen molar-refractivity contribution < 1.29 is 38.4 Å². The minimum atomic E-state index is -0.982. The second kappa shape index (κ2) is 13.9. The number of esters is 1. The Morgan fingerprint density at radius 1 is 1.06 bits per heavy atom. The number of aliphatic hydroxyl groups is 1. The Labute approximate surface area is 184 Å². The highest BCUT2D eigenvalue weighted by molar-refractivity contribution is 5.89. The van der Waals surface area contributed by atoms with Gasteiger partial charge in [0.2, 0.25) is 6.29 Å². The summed E-state index contributed by atoms with van der Waals surface area (Å²) in [6.07, 6.45) is 5.63. The fraction of sp³-hybridized carbons (Fsp3) is 0.565. The minimum Gasteiger partial charge on any atom is -0.463 e. The first-order valence-electron chi connectivity index (χ1n) is 10.3. The number of rotatable bonds is 12. The van der Waals surface area contributed by atoms with Crippen LogP contribution in [-0.4, -0.2) is 67.9 Å². The Kier molecular flexibility index (Phi) is 12.0. The second-order valence-corrected chi connectivity index (χ2v) is 6.90. The summed E-state index contributed by atoms with van der Waals surface area (Å²) in [6.45, 7) is 9.07. The number of allylic oxidation sites excluding steroid dienone is 5. The number of hydrogen-bond acceptors (Lipinski definition) is 8. The van der Waals surface area contributed by atoms with Crippen molar-refractivity contribution >= 4 is 11.8 Å².